The van der Waals surface area contributed by atoms with Gasteiger partial charge in [-0.15, -0.1) is 5.92 Å². The lowest BCUT2D eigenvalue weighted by molar-refractivity contribution is -0.129. The molecular weight excluding hydrogens is 352 g/mol. The molecule has 1 heterocycles. The number of ether oxygens (including phenoxy) is 1. The zero-order valence-electron chi connectivity index (χ0n) is 14.7. The summed E-state index contributed by atoms with van der Waals surface area (Å²) in [7, 11) is 1.53. The molecule has 3 rings (SSSR count). The SMILES string of the molecule is CC#Cc1cccc(C2(c3ccc(OC(F)F)cc3)N=C(N)N(C)C2=O)c1. The second kappa shape index (κ2) is 7.08. The molecule has 1 atom stereocenters. The van der Waals surface area contributed by atoms with E-state index in [0.29, 0.717) is 11.1 Å². The van der Waals surface area contributed by atoms with Crippen molar-refractivity contribution in [1.29, 1.82) is 0 Å². The highest BCUT2D eigenvalue weighted by Gasteiger charge is 2.49. The highest BCUT2D eigenvalue weighted by Crippen LogP contribution is 2.40. The summed E-state index contributed by atoms with van der Waals surface area (Å²) >= 11 is 0. The minimum Gasteiger partial charge on any atom is -0.435 e. The van der Waals surface area contributed by atoms with Crippen LogP contribution in [-0.2, 0) is 10.3 Å². The first-order valence-corrected chi connectivity index (χ1v) is 8.10. The third kappa shape index (κ3) is 3.22. The van der Waals surface area contributed by atoms with Crippen LogP contribution in [0.15, 0.2) is 53.5 Å². The lowest BCUT2D eigenvalue weighted by Crippen LogP contribution is -2.41. The lowest BCUT2D eigenvalue weighted by atomic mass is 9.82. The van der Waals surface area contributed by atoms with Gasteiger partial charge in [0.05, 0.1) is 0 Å². The number of likely N-dealkylation sites (N-methyl/N-ethyl adjacent to an activating group) is 1. The van der Waals surface area contributed by atoms with E-state index >= 15 is 0 Å². The number of hydrogen-bond acceptors (Lipinski definition) is 4. The van der Waals surface area contributed by atoms with E-state index in [1.54, 1.807) is 25.1 Å². The summed E-state index contributed by atoms with van der Waals surface area (Å²) in [5.41, 5.74) is 6.31. The normalized spacial score (nSPS) is 18.9. The number of nitrogens with two attached hydrogens (primary N) is 1. The van der Waals surface area contributed by atoms with E-state index in [9.17, 15) is 13.6 Å². The molecule has 2 N–H and O–H groups in total. The average Bonchev–Trinajstić information content (AvgIpc) is 2.87. The number of nitrogens with zero attached hydrogens (tertiary/aromatic N) is 2. The summed E-state index contributed by atoms with van der Waals surface area (Å²) in [6, 6.07) is 12.9. The van der Waals surface area contributed by atoms with Crippen molar-refractivity contribution in [2.75, 3.05) is 7.05 Å². The molecule has 0 aliphatic carbocycles. The Balaban J connectivity index is 2.17. The summed E-state index contributed by atoms with van der Waals surface area (Å²) in [6.45, 7) is -1.21. The standard InChI is InChI=1S/C20H17F2N3O2/c1-3-5-13-6-4-7-15(12-13)20(17(26)25(2)19(23)24-20)14-8-10-16(11-9-14)27-18(21)22/h4,6-12,18H,1-2H3,(H2,23,24). The maximum absolute atomic E-state index is 13.1. The fourth-order valence-corrected chi connectivity index (χ4v) is 3.03. The molecule has 0 radical (unpaired) electrons. The van der Waals surface area contributed by atoms with Crippen LogP contribution in [0.5, 0.6) is 5.75 Å². The van der Waals surface area contributed by atoms with Crippen LogP contribution in [0.3, 0.4) is 0 Å². The molecule has 0 aromatic heterocycles. The van der Waals surface area contributed by atoms with E-state index in [2.05, 4.69) is 21.6 Å². The van der Waals surface area contributed by atoms with Gasteiger partial charge in [-0.3, -0.25) is 9.69 Å². The zero-order chi connectivity index (χ0) is 19.6. The van der Waals surface area contributed by atoms with Crippen molar-refractivity contribution in [3.63, 3.8) is 0 Å². The Morgan fingerprint density at radius 3 is 2.44 bits per heavy atom. The molecule has 1 amide bonds. The number of amides is 1. The fourth-order valence-electron chi connectivity index (χ4n) is 3.03. The van der Waals surface area contributed by atoms with E-state index < -0.39 is 12.2 Å². The molecule has 1 unspecified atom stereocenters. The minimum atomic E-state index is -2.93. The van der Waals surface area contributed by atoms with Crippen molar-refractivity contribution in [3.05, 3.63) is 65.2 Å². The smallest absolute Gasteiger partial charge is 0.387 e. The van der Waals surface area contributed by atoms with Crippen molar-refractivity contribution < 1.29 is 18.3 Å². The highest BCUT2D eigenvalue weighted by atomic mass is 19.3. The second-order valence-corrected chi connectivity index (χ2v) is 5.90. The van der Waals surface area contributed by atoms with Gasteiger partial charge in [0.1, 0.15) is 5.75 Å². The van der Waals surface area contributed by atoms with Gasteiger partial charge in [-0.05, 0) is 42.3 Å². The molecule has 0 spiro atoms. The summed E-state index contributed by atoms with van der Waals surface area (Å²) in [5, 5.41) is 0. The number of guanidine groups is 1. The molecule has 138 valence electrons. The van der Waals surface area contributed by atoms with Gasteiger partial charge in [0.2, 0.25) is 0 Å². The maximum Gasteiger partial charge on any atom is 0.387 e. The summed E-state index contributed by atoms with van der Waals surface area (Å²) < 4.78 is 29.2. The topological polar surface area (TPSA) is 67.9 Å². The van der Waals surface area contributed by atoms with E-state index in [1.807, 2.05) is 6.07 Å². The van der Waals surface area contributed by atoms with Crippen LogP contribution in [0, 0.1) is 11.8 Å². The molecule has 0 saturated carbocycles. The van der Waals surface area contributed by atoms with Gasteiger partial charge >= 0.3 is 6.61 Å². The first kappa shape index (κ1) is 18.4. The number of hydrogen-bond donors (Lipinski definition) is 1. The summed E-state index contributed by atoms with van der Waals surface area (Å²) in [4.78, 5) is 18.8. The average molecular weight is 369 g/mol. The Bertz CT molecular complexity index is 961. The van der Waals surface area contributed by atoms with Crippen molar-refractivity contribution in [1.82, 2.24) is 4.90 Å². The molecule has 7 heteroatoms. The zero-order valence-corrected chi connectivity index (χ0v) is 14.7. The quantitative estimate of drug-likeness (QED) is 0.843. The monoisotopic (exact) mass is 369 g/mol. The van der Waals surface area contributed by atoms with Gasteiger partial charge in [0.15, 0.2) is 11.5 Å². The predicted molar refractivity (Wildman–Crippen MR) is 97.2 cm³/mol. The van der Waals surface area contributed by atoms with Crippen molar-refractivity contribution in [2.45, 2.75) is 19.1 Å². The Hall–Kier alpha value is -3.40. The Labute approximate surface area is 155 Å². The van der Waals surface area contributed by atoms with Gasteiger partial charge in [0.25, 0.3) is 5.91 Å². The van der Waals surface area contributed by atoms with Crippen LogP contribution < -0.4 is 10.5 Å². The van der Waals surface area contributed by atoms with Gasteiger partial charge < -0.3 is 10.5 Å². The van der Waals surface area contributed by atoms with Gasteiger partial charge in [-0.1, -0.05) is 30.2 Å². The summed E-state index contributed by atoms with van der Waals surface area (Å²) in [5.74, 6) is 5.48. The molecule has 2 aromatic carbocycles. The van der Waals surface area contributed by atoms with Crippen LogP contribution in [0.2, 0.25) is 0 Å². The third-order valence-electron chi connectivity index (χ3n) is 4.29. The van der Waals surface area contributed by atoms with Crippen LogP contribution in [0.25, 0.3) is 0 Å². The number of aliphatic imine (C=N–C) groups is 1. The molecular formula is C20H17F2N3O2. The highest BCUT2D eigenvalue weighted by molar-refractivity contribution is 6.08. The molecule has 27 heavy (non-hydrogen) atoms. The predicted octanol–water partition coefficient (Wildman–Crippen LogP) is 2.69. The van der Waals surface area contributed by atoms with E-state index in [4.69, 9.17) is 5.73 Å². The number of carbonyl (C=O) groups is 1. The van der Waals surface area contributed by atoms with E-state index in [0.717, 1.165) is 5.56 Å². The van der Waals surface area contributed by atoms with Crippen LogP contribution >= 0.6 is 0 Å². The van der Waals surface area contributed by atoms with E-state index in [1.165, 1.54) is 36.2 Å². The van der Waals surface area contributed by atoms with Gasteiger partial charge in [0, 0.05) is 12.6 Å². The number of carbonyl (C=O) groups excluding carboxylic acids is 1. The van der Waals surface area contributed by atoms with Crippen molar-refractivity contribution in [3.8, 4) is 17.6 Å². The van der Waals surface area contributed by atoms with Gasteiger partial charge in [-0.25, -0.2) is 4.99 Å². The minimum absolute atomic E-state index is 0.00903. The first-order valence-electron chi connectivity index (χ1n) is 8.10. The number of halogens is 2. The molecule has 0 saturated heterocycles. The Morgan fingerprint density at radius 2 is 1.89 bits per heavy atom. The Morgan fingerprint density at radius 1 is 1.19 bits per heavy atom. The molecule has 0 fully saturated rings. The first-order chi connectivity index (χ1) is 12.9. The second-order valence-electron chi connectivity index (χ2n) is 5.90. The number of rotatable bonds is 4. The van der Waals surface area contributed by atoms with Crippen molar-refractivity contribution in [2.24, 2.45) is 10.7 Å². The largest absolute Gasteiger partial charge is 0.435 e. The fraction of sp³-hybridized carbons (Fsp3) is 0.200. The van der Waals surface area contributed by atoms with Gasteiger partial charge in [-0.2, -0.15) is 8.78 Å². The molecule has 0 bridgehead atoms. The Kier molecular flexibility index (Phi) is 4.82. The number of alkyl halides is 2. The molecule has 5 nitrogen and oxygen atoms in total. The van der Waals surface area contributed by atoms with Crippen molar-refractivity contribution >= 4 is 11.9 Å². The van der Waals surface area contributed by atoms with Crippen LogP contribution in [0.4, 0.5) is 8.78 Å². The van der Waals surface area contributed by atoms with Crippen LogP contribution in [-0.4, -0.2) is 30.4 Å². The maximum atomic E-state index is 13.1. The third-order valence-corrected chi connectivity index (χ3v) is 4.29. The lowest BCUT2D eigenvalue weighted by Gasteiger charge is -2.26. The van der Waals surface area contributed by atoms with Crippen LogP contribution in [0.1, 0.15) is 23.6 Å². The van der Waals surface area contributed by atoms with E-state index in [-0.39, 0.29) is 17.6 Å². The molecule has 2 aromatic rings. The molecule has 1 aliphatic heterocycles. The number of benzene rings is 2. The molecule has 1 aliphatic rings. The summed E-state index contributed by atoms with van der Waals surface area (Å²) in [6.07, 6.45) is 0.